The van der Waals surface area contributed by atoms with Crippen molar-refractivity contribution >= 4 is 65.4 Å². The van der Waals surface area contributed by atoms with Gasteiger partial charge in [0.05, 0.1) is 0 Å². The van der Waals surface area contributed by atoms with Crippen LogP contribution in [-0.2, 0) is 0 Å². The summed E-state index contributed by atoms with van der Waals surface area (Å²) >= 11 is 0. The molecule has 0 bridgehead atoms. The maximum atomic E-state index is 6.37. The first-order valence-electron chi connectivity index (χ1n) is 17.3. The molecule has 3 heterocycles. The van der Waals surface area contributed by atoms with Crippen molar-refractivity contribution in [2.24, 2.45) is 0 Å². The van der Waals surface area contributed by atoms with E-state index in [2.05, 4.69) is 127 Å². The Kier molecular flexibility index (Phi) is 6.18. The van der Waals surface area contributed by atoms with Crippen LogP contribution < -0.4 is 0 Å². The van der Waals surface area contributed by atoms with Gasteiger partial charge in [0.25, 0.3) is 0 Å². The Morgan fingerprint density at radius 2 is 0.827 bits per heavy atom. The Bertz CT molecular complexity index is 3190. The van der Waals surface area contributed by atoms with Gasteiger partial charge in [0, 0.05) is 38.2 Å². The Hall–Kier alpha value is -7.11. The number of aromatic nitrogens is 3. The largest absolute Gasteiger partial charge is 0.456 e. The van der Waals surface area contributed by atoms with E-state index in [0.717, 1.165) is 87.9 Å². The van der Waals surface area contributed by atoms with Crippen molar-refractivity contribution in [1.29, 1.82) is 0 Å². The summed E-state index contributed by atoms with van der Waals surface area (Å²) in [6, 6.07) is 56.3. The number of hydrogen-bond donors (Lipinski definition) is 0. The van der Waals surface area contributed by atoms with Gasteiger partial charge in [-0.05, 0) is 63.0 Å². The lowest BCUT2D eigenvalue weighted by Crippen LogP contribution is -2.01. The van der Waals surface area contributed by atoms with Gasteiger partial charge in [0.15, 0.2) is 17.5 Å². The summed E-state index contributed by atoms with van der Waals surface area (Å²) < 4.78 is 12.6. The standard InChI is InChI=1S/C47H27N3O2/c1-2-12-32-27-42-38(26-31(32)11-1)43-34(16-8-20-40(43)52-42)29-22-24-30(25-23-29)45-48-46(35-17-7-13-28-10-3-4-14-33(28)35)50-47(49-45)37-18-9-21-41-44(37)36-15-5-6-19-39(36)51-41/h1-27H. The molecule has 0 unspecified atom stereocenters. The lowest BCUT2D eigenvalue weighted by atomic mass is 9.97. The maximum absolute atomic E-state index is 6.37. The van der Waals surface area contributed by atoms with Crippen molar-refractivity contribution in [2.45, 2.75) is 0 Å². The summed E-state index contributed by atoms with van der Waals surface area (Å²) in [4.78, 5) is 15.4. The van der Waals surface area contributed by atoms with Gasteiger partial charge in [0.2, 0.25) is 0 Å². The van der Waals surface area contributed by atoms with E-state index >= 15 is 0 Å². The molecule has 0 amide bonds. The van der Waals surface area contributed by atoms with Crippen LogP contribution in [0.1, 0.15) is 0 Å². The van der Waals surface area contributed by atoms with Crippen molar-refractivity contribution in [3.05, 3.63) is 164 Å². The number of furan rings is 2. The van der Waals surface area contributed by atoms with Crippen LogP contribution in [0.15, 0.2) is 173 Å². The zero-order valence-electron chi connectivity index (χ0n) is 27.7. The highest BCUT2D eigenvalue weighted by Gasteiger charge is 2.19. The first kappa shape index (κ1) is 28.7. The summed E-state index contributed by atoms with van der Waals surface area (Å²) in [5, 5.41) is 8.80. The highest BCUT2D eigenvalue weighted by Crippen LogP contribution is 2.40. The number of fused-ring (bicyclic) bond motifs is 8. The molecule has 11 aromatic rings. The van der Waals surface area contributed by atoms with Gasteiger partial charge >= 0.3 is 0 Å². The van der Waals surface area contributed by atoms with E-state index < -0.39 is 0 Å². The molecule has 0 atom stereocenters. The fraction of sp³-hybridized carbons (Fsp3) is 0. The van der Waals surface area contributed by atoms with Gasteiger partial charge in [0.1, 0.15) is 22.3 Å². The number of benzene rings is 8. The first-order chi connectivity index (χ1) is 25.7. The summed E-state index contributed by atoms with van der Waals surface area (Å²) in [5.41, 5.74) is 8.33. The smallest absolute Gasteiger partial charge is 0.164 e. The molecule has 242 valence electrons. The fourth-order valence-electron chi connectivity index (χ4n) is 7.68. The third-order valence-electron chi connectivity index (χ3n) is 10.1. The average Bonchev–Trinajstić information content (AvgIpc) is 3.77. The fourth-order valence-corrected chi connectivity index (χ4v) is 7.68. The molecule has 0 aliphatic rings. The molecule has 0 spiro atoms. The summed E-state index contributed by atoms with van der Waals surface area (Å²) in [5.74, 6) is 1.81. The number of nitrogens with zero attached hydrogens (tertiary/aromatic N) is 3. The second-order valence-electron chi connectivity index (χ2n) is 13.2. The van der Waals surface area contributed by atoms with E-state index in [0.29, 0.717) is 17.5 Å². The number of rotatable bonds is 4. The number of hydrogen-bond acceptors (Lipinski definition) is 5. The zero-order valence-corrected chi connectivity index (χ0v) is 27.7. The summed E-state index contributed by atoms with van der Waals surface area (Å²) in [6.07, 6.45) is 0. The monoisotopic (exact) mass is 665 g/mol. The van der Waals surface area contributed by atoms with Crippen LogP contribution in [0, 0.1) is 0 Å². The molecule has 0 saturated heterocycles. The molecule has 0 N–H and O–H groups in total. The third kappa shape index (κ3) is 4.46. The van der Waals surface area contributed by atoms with Gasteiger partial charge in [-0.3, -0.25) is 0 Å². The Balaban J connectivity index is 1.10. The van der Waals surface area contributed by atoms with Crippen LogP contribution in [0.2, 0.25) is 0 Å². The predicted molar refractivity (Wildman–Crippen MR) is 211 cm³/mol. The highest BCUT2D eigenvalue weighted by atomic mass is 16.3. The second kappa shape index (κ2) is 11.2. The van der Waals surface area contributed by atoms with Crippen LogP contribution in [0.25, 0.3) is 111 Å². The van der Waals surface area contributed by atoms with Gasteiger partial charge in [-0.2, -0.15) is 0 Å². The lowest BCUT2D eigenvalue weighted by molar-refractivity contribution is 0.669. The van der Waals surface area contributed by atoms with Crippen molar-refractivity contribution in [3.63, 3.8) is 0 Å². The molecule has 52 heavy (non-hydrogen) atoms. The maximum Gasteiger partial charge on any atom is 0.164 e. The molecule has 0 aliphatic heterocycles. The molecule has 8 aromatic carbocycles. The van der Waals surface area contributed by atoms with Gasteiger partial charge in [-0.15, -0.1) is 0 Å². The van der Waals surface area contributed by atoms with Crippen LogP contribution >= 0.6 is 0 Å². The SMILES string of the molecule is c1ccc2cc3c(cc2c1)oc1cccc(-c2ccc(-c4nc(-c5cccc6ccccc56)nc(-c5cccc6oc7ccccc7c56)n4)cc2)c13. The molecule has 3 aromatic heterocycles. The molecule has 0 aliphatic carbocycles. The molecule has 0 fully saturated rings. The van der Waals surface area contributed by atoms with E-state index in [1.165, 1.54) is 5.39 Å². The van der Waals surface area contributed by atoms with Gasteiger partial charge in [-0.25, -0.2) is 15.0 Å². The van der Waals surface area contributed by atoms with Crippen molar-refractivity contribution < 1.29 is 8.83 Å². The minimum absolute atomic E-state index is 0.594. The number of para-hydroxylation sites is 1. The minimum atomic E-state index is 0.594. The predicted octanol–water partition coefficient (Wildman–Crippen LogP) is 12.6. The Labute approximate surface area is 297 Å². The van der Waals surface area contributed by atoms with Gasteiger partial charge < -0.3 is 8.83 Å². The van der Waals surface area contributed by atoms with Crippen molar-refractivity contribution in [2.75, 3.05) is 0 Å². The van der Waals surface area contributed by atoms with E-state index in [4.69, 9.17) is 23.8 Å². The van der Waals surface area contributed by atoms with Crippen LogP contribution in [0.5, 0.6) is 0 Å². The molecular formula is C47H27N3O2. The summed E-state index contributed by atoms with van der Waals surface area (Å²) in [7, 11) is 0. The first-order valence-corrected chi connectivity index (χ1v) is 17.3. The summed E-state index contributed by atoms with van der Waals surface area (Å²) in [6.45, 7) is 0. The second-order valence-corrected chi connectivity index (χ2v) is 13.2. The third-order valence-corrected chi connectivity index (χ3v) is 10.1. The van der Waals surface area contributed by atoms with Crippen molar-refractivity contribution in [1.82, 2.24) is 15.0 Å². The normalized spacial score (nSPS) is 11.8. The van der Waals surface area contributed by atoms with Crippen LogP contribution in [0.4, 0.5) is 0 Å². The van der Waals surface area contributed by atoms with Crippen molar-refractivity contribution in [3.8, 4) is 45.3 Å². The lowest BCUT2D eigenvalue weighted by Gasteiger charge is -2.11. The van der Waals surface area contributed by atoms with E-state index in [-0.39, 0.29) is 0 Å². The molecule has 5 heteroatoms. The van der Waals surface area contributed by atoms with E-state index in [1.807, 2.05) is 36.4 Å². The van der Waals surface area contributed by atoms with E-state index in [9.17, 15) is 0 Å². The molecule has 0 saturated carbocycles. The minimum Gasteiger partial charge on any atom is -0.456 e. The highest BCUT2D eigenvalue weighted by molar-refractivity contribution is 6.16. The Morgan fingerprint density at radius 1 is 0.308 bits per heavy atom. The molecular weight excluding hydrogens is 639 g/mol. The van der Waals surface area contributed by atoms with Crippen LogP contribution in [-0.4, -0.2) is 15.0 Å². The Morgan fingerprint density at radius 3 is 1.63 bits per heavy atom. The average molecular weight is 666 g/mol. The molecule has 5 nitrogen and oxygen atoms in total. The molecule has 11 rings (SSSR count). The molecule has 0 radical (unpaired) electrons. The zero-order chi connectivity index (χ0) is 34.2. The quantitative estimate of drug-likeness (QED) is 0.187. The van der Waals surface area contributed by atoms with E-state index in [1.54, 1.807) is 0 Å². The van der Waals surface area contributed by atoms with Gasteiger partial charge in [-0.1, -0.05) is 133 Å². The van der Waals surface area contributed by atoms with Crippen LogP contribution in [0.3, 0.4) is 0 Å². The topological polar surface area (TPSA) is 65.0 Å².